The molecule has 5 rings (SSSR count). The zero-order chi connectivity index (χ0) is 13.3. The normalized spacial score (nSPS) is 24.8. The number of nitrogens with zero attached hydrogens (tertiary/aromatic N) is 1. The van der Waals surface area contributed by atoms with Gasteiger partial charge in [0, 0.05) is 22.9 Å². The molecule has 0 aromatic heterocycles. The van der Waals surface area contributed by atoms with Crippen molar-refractivity contribution in [1.29, 1.82) is 0 Å². The number of anilines is 2. The van der Waals surface area contributed by atoms with Crippen molar-refractivity contribution in [2.75, 3.05) is 4.90 Å². The molecule has 96 valence electrons. The predicted molar refractivity (Wildman–Crippen MR) is 83.3 cm³/mol. The van der Waals surface area contributed by atoms with Crippen LogP contribution in [0.5, 0.6) is 0 Å². The number of rotatable bonds is 0. The highest BCUT2D eigenvalue weighted by molar-refractivity contribution is 5.97. The van der Waals surface area contributed by atoms with Crippen molar-refractivity contribution >= 4 is 16.9 Å². The van der Waals surface area contributed by atoms with E-state index in [9.17, 15) is 0 Å². The molecule has 0 fully saturated rings. The van der Waals surface area contributed by atoms with E-state index in [4.69, 9.17) is 0 Å². The van der Waals surface area contributed by atoms with Gasteiger partial charge in [0.05, 0.1) is 6.04 Å². The van der Waals surface area contributed by atoms with Gasteiger partial charge in [0.15, 0.2) is 0 Å². The average Bonchev–Trinajstić information content (AvgIpc) is 2.98. The molecule has 0 radical (unpaired) electrons. The third-order valence-electron chi connectivity index (χ3n) is 4.79. The Balaban J connectivity index is 1.89. The minimum absolute atomic E-state index is 0.466. The number of fused-ring (bicyclic) bond motifs is 6. The van der Waals surface area contributed by atoms with Crippen LogP contribution in [0.2, 0.25) is 0 Å². The first-order chi connectivity index (χ1) is 9.84. The maximum Gasteiger partial charge on any atom is 0.0702 e. The lowest BCUT2D eigenvalue weighted by Crippen LogP contribution is -2.26. The topological polar surface area (TPSA) is 3.24 Å². The number of benzene rings is 2. The summed E-state index contributed by atoms with van der Waals surface area (Å²) in [5.41, 5.74) is 8.49. The van der Waals surface area contributed by atoms with E-state index in [1.165, 1.54) is 33.6 Å². The van der Waals surface area contributed by atoms with Crippen LogP contribution in [0.25, 0.3) is 5.57 Å². The fourth-order valence-electron chi connectivity index (χ4n) is 4.09. The molecule has 3 aliphatic rings. The lowest BCUT2D eigenvalue weighted by molar-refractivity contribution is 0.775. The van der Waals surface area contributed by atoms with Gasteiger partial charge in [0.1, 0.15) is 0 Å². The second kappa shape index (κ2) is 3.43. The van der Waals surface area contributed by atoms with Crippen molar-refractivity contribution in [3.05, 3.63) is 77.4 Å². The van der Waals surface area contributed by atoms with Gasteiger partial charge in [-0.15, -0.1) is 0 Å². The van der Waals surface area contributed by atoms with Gasteiger partial charge in [0.25, 0.3) is 0 Å². The van der Waals surface area contributed by atoms with Crippen molar-refractivity contribution in [3.8, 4) is 0 Å². The highest BCUT2D eigenvalue weighted by Gasteiger charge is 2.46. The summed E-state index contributed by atoms with van der Waals surface area (Å²) in [7, 11) is 0. The maximum absolute atomic E-state index is 2.53. The molecule has 0 spiro atoms. The monoisotopic (exact) mass is 257 g/mol. The van der Waals surface area contributed by atoms with E-state index in [0.717, 1.165) is 0 Å². The van der Waals surface area contributed by atoms with Crippen LogP contribution in [0.15, 0.2) is 66.3 Å². The van der Waals surface area contributed by atoms with Crippen LogP contribution in [0.3, 0.4) is 0 Å². The second-order valence-corrected chi connectivity index (χ2v) is 5.93. The Morgan fingerprint density at radius 3 is 2.55 bits per heavy atom. The van der Waals surface area contributed by atoms with E-state index in [2.05, 4.69) is 72.5 Å². The SMILES string of the molecule is CC1=CC2c3ccccc3N3c4ccccc4C(=C1)C23. The molecule has 1 aliphatic carbocycles. The first-order valence-corrected chi connectivity index (χ1v) is 7.22. The Kier molecular flexibility index (Phi) is 1.80. The zero-order valence-corrected chi connectivity index (χ0v) is 11.4. The van der Waals surface area contributed by atoms with Gasteiger partial charge in [-0.2, -0.15) is 0 Å². The van der Waals surface area contributed by atoms with E-state index < -0.39 is 0 Å². The minimum Gasteiger partial charge on any atom is -0.332 e. The fourth-order valence-corrected chi connectivity index (χ4v) is 4.09. The van der Waals surface area contributed by atoms with Crippen LogP contribution in [0.4, 0.5) is 11.4 Å². The lowest BCUT2D eigenvalue weighted by atomic mass is 9.83. The Morgan fingerprint density at radius 1 is 0.900 bits per heavy atom. The van der Waals surface area contributed by atoms with E-state index in [1.54, 1.807) is 0 Å². The van der Waals surface area contributed by atoms with Gasteiger partial charge >= 0.3 is 0 Å². The molecule has 2 heterocycles. The average molecular weight is 257 g/mol. The predicted octanol–water partition coefficient (Wildman–Crippen LogP) is 4.65. The third kappa shape index (κ3) is 1.10. The zero-order valence-electron chi connectivity index (χ0n) is 11.4. The Bertz CT molecular complexity index is 797. The first-order valence-electron chi connectivity index (χ1n) is 7.22. The Labute approximate surface area is 118 Å². The van der Waals surface area contributed by atoms with Gasteiger partial charge < -0.3 is 4.90 Å². The number of para-hydroxylation sites is 2. The van der Waals surface area contributed by atoms with E-state index in [0.29, 0.717) is 12.0 Å². The van der Waals surface area contributed by atoms with Crippen LogP contribution in [-0.2, 0) is 0 Å². The molecule has 1 nitrogen and oxygen atoms in total. The summed E-state index contributed by atoms with van der Waals surface area (Å²) >= 11 is 0. The summed E-state index contributed by atoms with van der Waals surface area (Å²) in [4.78, 5) is 2.53. The summed E-state index contributed by atoms with van der Waals surface area (Å²) < 4.78 is 0. The molecule has 0 amide bonds. The molecular weight excluding hydrogens is 242 g/mol. The standard InChI is InChI=1S/C19H15N/c1-12-10-15-13-6-2-4-8-17(13)20-18-9-5-3-7-14(18)16(11-12)19(15)20/h2-11,15,19H,1H3. The van der Waals surface area contributed by atoms with Crippen LogP contribution in [0.1, 0.15) is 24.0 Å². The molecule has 2 aromatic rings. The van der Waals surface area contributed by atoms with Crippen LogP contribution in [-0.4, -0.2) is 6.04 Å². The lowest BCUT2D eigenvalue weighted by Gasteiger charge is -2.25. The molecule has 2 aromatic carbocycles. The van der Waals surface area contributed by atoms with Crippen LogP contribution in [0, 0.1) is 0 Å². The number of allylic oxidation sites excluding steroid dienone is 2. The summed E-state index contributed by atoms with van der Waals surface area (Å²) in [5, 5.41) is 0. The molecular formula is C19H15N. The Morgan fingerprint density at radius 2 is 1.65 bits per heavy atom. The van der Waals surface area contributed by atoms with Crippen molar-refractivity contribution in [2.45, 2.75) is 18.9 Å². The van der Waals surface area contributed by atoms with Crippen LogP contribution >= 0.6 is 0 Å². The molecule has 0 N–H and O–H groups in total. The van der Waals surface area contributed by atoms with Crippen molar-refractivity contribution < 1.29 is 0 Å². The van der Waals surface area contributed by atoms with E-state index in [1.807, 2.05) is 0 Å². The highest BCUT2D eigenvalue weighted by atomic mass is 15.2. The van der Waals surface area contributed by atoms with E-state index >= 15 is 0 Å². The number of hydrogen-bond donors (Lipinski definition) is 0. The largest absolute Gasteiger partial charge is 0.332 e. The van der Waals surface area contributed by atoms with Crippen LogP contribution < -0.4 is 4.90 Å². The summed E-state index contributed by atoms with van der Waals surface area (Å²) in [6.07, 6.45) is 4.80. The summed E-state index contributed by atoms with van der Waals surface area (Å²) in [5.74, 6) is 0.499. The van der Waals surface area contributed by atoms with Gasteiger partial charge in [-0.1, -0.05) is 54.1 Å². The number of hydrogen-bond acceptors (Lipinski definition) is 1. The van der Waals surface area contributed by atoms with Crippen molar-refractivity contribution in [1.82, 2.24) is 0 Å². The molecule has 2 unspecified atom stereocenters. The highest BCUT2D eigenvalue weighted by Crippen LogP contribution is 2.58. The van der Waals surface area contributed by atoms with E-state index in [-0.39, 0.29) is 0 Å². The smallest absolute Gasteiger partial charge is 0.0702 e. The second-order valence-electron chi connectivity index (χ2n) is 5.93. The molecule has 0 saturated carbocycles. The molecule has 0 bridgehead atoms. The molecule has 2 atom stereocenters. The van der Waals surface area contributed by atoms with Crippen molar-refractivity contribution in [2.24, 2.45) is 0 Å². The molecule has 0 saturated heterocycles. The quantitative estimate of drug-likeness (QED) is 0.664. The van der Waals surface area contributed by atoms with Crippen molar-refractivity contribution in [3.63, 3.8) is 0 Å². The molecule has 20 heavy (non-hydrogen) atoms. The summed E-state index contributed by atoms with van der Waals surface area (Å²) in [6.45, 7) is 2.22. The first kappa shape index (κ1) is 10.5. The minimum atomic E-state index is 0.466. The van der Waals surface area contributed by atoms with Gasteiger partial charge in [0.2, 0.25) is 0 Å². The molecule has 2 aliphatic heterocycles. The van der Waals surface area contributed by atoms with Gasteiger partial charge in [-0.05, 0) is 30.2 Å². The third-order valence-corrected chi connectivity index (χ3v) is 4.79. The summed E-state index contributed by atoms with van der Waals surface area (Å²) in [6, 6.07) is 18.1. The van der Waals surface area contributed by atoms with Gasteiger partial charge in [-0.25, -0.2) is 0 Å². The fraction of sp³-hybridized carbons (Fsp3) is 0.158. The molecule has 1 heteroatoms. The Hall–Kier alpha value is -2.28. The maximum atomic E-state index is 2.53. The van der Waals surface area contributed by atoms with Gasteiger partial charge in [-0.3, -0.25) is 0 Å².